The Hall–Kier alpha value is -4.23. The van der Waals surface area contributed by atoms with Crippen LogP contribution in [0.4, 0.5) is 30.6 Å². The molecule has 0 spiro atoms. The van der Waals surface area contributed by atoms with E-state index < -0.39 is 17.9 Å². The number of nitrogens with one attached hydrogen (secondary N) is 1. The van der Waals surface area contributed by atoms with Gasteiger partial charge in [-0.25, -0.2) is 18.4 Å². The Balaban J connectivity index is 1.54. The zero-order valence-corrected chi connectivity index (χ0v) is 25.9. The van der Waals surface area contributed by atoms with E-state index in [-0.39, 0.29) is 57.2 Å². The van der Waals surface area contributed by atoms with Gasteiger partial charge in [0.25, 0.3) is 5.92 Å². The number of hydrogen-bond donors (Lipinski definition) is 2. The Morgan fingerprint density at radius 3 is 2.39 bits per heavy atom. The van der Waals surface area contributed by atoms with Crippen LogP contribution in [0.5, 0.6) is 11.5 Å². The summed E-state index contributed by atoms with van der Waals surface area (Å²) in [5.41, 5.74) is 1.55. The van der Waals surface area contributed by atoms with Crippen molar-refractivity contribution < 1.29 is 37.7 Å². The van der Waals surface area contributed by atoms with E-state index in [0.717, 1.165) is 0 Å². The average Bonchev–Trinajstić information content (AvgIpc) is 3.35. The van der Waals surface area contributed by atoms with E-state index in [1.165, 1.54) is 48.1 Å². The minimum atomic E-state index is -2.76. The van der Waals surface area contributed by atoms with Crippen LogP contribution in [0.15, 0.2) is 71.2 Å². The molecule has 0 aliphatic carbocycles. The second-order valence-electron chi connectivity index (χ2n) is 10.1. The Kier molecular flexibility index (Phi) is 10.8. The molecule has 3 aromatic carbocycles. The molecular weight excluding hydrogens is 642 g/mol. The largest absolute Gasteiger partial charge is 0.494 e. The molecule has 4 rings (SSSR count). The first-order valence-electron chi connectivity index (χ1n) is 13.8. The summed E-state index contributed by atoms with van der Waals surface area (Å²) in [5, 5.41) is 11.9. The molecule has 1 fully saturated rings. The summed E-state index contributed by atoms with van der Waals surface area (Å²) >= 11 is 3.43. The first-order valence-corrected chi connectivity index (χ1v) is 14.6. The van der Waals surface area contributed by atoms with Crippen molar-refractivity contribution in [3.8, 4) is 11.5 Å². The van der Waals surface area contributed by atoms with Crippen LogP contribution >= 0.6 is 15.9 Å². The highest BCUT2D eigenvalue weighted by Gasteiger charge is 2.38. The van der Waals surface area contributed by atoms with Gasteiger partial charge in [-0.2, -0.15) is 0 Å². The van der Waals surface area contributed by atoms with Crippen LogP contribution in [0, 0.1) is 0 Å². The van der Waals surface area contributed by atoms with E-state index in [0.29, 0.717) is 33.0 Å². The quantitative estimate of drug-likeness (QED) is 0.244. The van der Waals surface area contributed by atoms with Crippen LogP contribution in [-0.2, 0) is 4.79 Å². The van der Waals surface area contributed by atoms with E-state index >= 15 is 0 Å². The molecule has 2 N–H and O–H groups in total. The number of nitrogens with zero attached hydrogens (tertiary/aromatic N) is 3. The lowest BCUT2D eigenvalue weighted by molar-refractivity contribution is -0.116. The molecule has 0 radical (unpaired) electrons. The third-order valence-corrected chi connectivity index (χ3v) is 7.77. The number of halogens is 3. The van der Waals surface area contributed by atoms with E-state index in [9.17, 15) is 23.2 Å². The van der Waals surface area contributed by atoms with Gasteiger partial charge in [0.2, 0.25) is 5.91 Å². The molecule has 234 valence electrons. The van der Waals surface area contributed by atoms with Crippen LogP contribution < -0.4 is 24.6 Å². The summed E-state index contributed by atoms with van der Waals surface area (Å²) < 4.78 is 39.7. The van der Waals surface area contributed by atoms with Crippen molar-refractivity contribution >= 4 is 50.9 Å². The van der Waals surface area contributed by atoms with Crippen LogP contribution in [0.3, 0.4) is 0 Å². The molecule has 3 aromatic rings. The third-order valence-electron chi connectivity index (χ3n) is 7.08. The van der Waals surface area contributed by atoms with Crippen molar-refractivity contribution in [1.29, 1.82) is 0 Å². The number of amides is 3. The summed E-state index contributed by atoms with van der Waals surface area (Å²) in [4.78, 5) is 41.8. The first kappa shape index (κ1) is 32.7. The number of methoxy groups -OCH3 is 1. The normalized spacial score (nSPS) is 14.1. The standard InChI is InChI=1S/C31H33BrF2N4O6/c1-21(39)37(17-18-44-24-10-7-22(8-11-24)29(40)41)23-9-12-27(28(19-23)43-2)38(16-15-36-14-13-31(33,34)20-36)30(42)35-26-6-4-3-5-25(26)32/h3-12,19H,13-18,20H2,1-2H3,(H,35,42)(H,40,41). The SMILES string of the molecule is COc1cc(N(CCOc2ccc(C(=O)O)cc2)C(C)=O)ccc1N(CCN1CCC(F)(F)C1)C(=O)Nc1ccccc1Br. The molecular formula is C31H33BrF2N4O6. The fourth-order valence-electron chi connectivity index (χ4n) is 4.79. The number of rotatable bonds is 12. The van der Waals surface area contributed by atoms with Crippen molar-refractivity contribution in [3.05, 3.63) is 76.8 Å². The number of carbonyl (C=O) groups is 3. The zero-order valence-electron chi connectivity index (χ0n) is 24.3. The first-order chi connectivity index (χ1) is 21.0. The van der Waals surface area contributed by atoms with Crippen LogP contribution in [0.25, 0.3) is 0 Å². The van der Waals surface area contributed by atoms with E-state index in [2.05, 4.69) is 21.2 Å². The number of hydrogen-bond acceptors (Lipinski definition) is 6. The molecule has 13 heteroatoms. The minimum absolute atomic E-state index is 0.104. The molecule has 0 saturated carbocycles. The molecule has 0 atom stereocenters. The van der Waals surface area contributed by atoms with Crippen molar-refractivity contribution in [3.63, 3.8) is 0 Å². The van der Waals surface area contributed by atoms with Gasteiger partial charge in [-0.1, -0.05) is 12.1 Å². The number of urea groups is 1. The number of benzene rings is 3. The topological polar surface area (TPSA) is 112 Å². The molecule has 1 saturated heterocycles. The summed E-state index contributed by atoms with van der Waals surface area (Å²) in [6.07, 6.45) is -0.230. The van der Waals surface area contributed by atoms with Gasteiger partial charge in [0.05, 0.1) is 37.1 Å². The van der Waals surface area contributed by atoms with E-state index in [4.69, 9.17) is 14.6 Å². The second kappa shape index (κ2) is 14.5. The Morgan fingerprint density at radius 1 is 1.05 bits per heavy atom. The number of para-hydroxylation sites is 1. The monoisotopic (exact) mass is 674 g/mol. The van der Waals surface area contributed by atoms with Gasteiger partial charge in [-0.05, 0) is 64.5 Å². The Bertz CT molecular complexity index is 1490. The van der Waals surface area contributed by atoms with Gasteiger partial charge in [0.15, 0.2) is 0 Å². The molecule has 44 heavy (non-hydrogen) atoms. The van der Waals surface area contributed by atoms with Gasteiger partial charge < -0.3 is 24.8 Å². The highest BCUT2D eigenvalue weighted by molar-refractivity contribution is 9.10. The lowest BCUT2D eigenvalue weighted by Crippen LogP contribution is -2.41. The molecule has 10 nitrogen and oxygen atoms in total. The lowest BCUT2D eigenvalue weighted by atomic mass is 10.2. The van der Waals surface area contributed by atoms with Gasteiger partial charge in [0, 0.05) is 49.2 Å². The molecule has 1 heterocycles. The number of likely N-dealkylation sites (tertiary alicyclic amines) is 1. The maximum Gasteiger partial charge on any atom is 0.335 e. The number of alkyl halides is 2. The maximum atomic E-state index is 13.8. The van der Waals surface area contributed by atoms with E-state index in [1.54, 1.807) is 41.3 Å². The number of carboxylic acid groups (broad SMARTS) is 1. The van der Waals surface area contributed by atoms with Crippen molar-refractivity contribution in [2.24, 2.45) is 0 Å². The molecule has 3 amide bonds. The van der Waals surface area contributed by atoms with Gasteiger partial charge >= 0.3 is 12.0 Å². The van der Waals surface area contributed by atoms with Gasteiger partial charge in [-0.3, -0.25) is 14.6 Å². The number of anilines is 3. The Morgan fingerprint density at radius 2 is 1.77 bits per heavy atom. The minimum Gasteiger partial charge on any atom is -0.494 e. The van der Waals surface area contributed by atoms with Crippen LogP contribution in [0.2, 0.25) is 0 Å². The predicted molar refractivity (Wildman–Crippen MR) is 166 cm³/mol. The van der Waals surface area contributed by atoms with Crippen molar-refractivity contribution in [1.82, 2.24) is 4.90 Å². The number of carboxylic acids is 1. The summed E-state index contributed by atoms with van der Waals surface area (Å²) in [6.45, 7) is 1.88. The molecule has 1 aliphatic heterocycles. The van der Waals surface area contributed by atoms with Crippen LogP contribution in [0.1, 0.15) is 23.7 Å². The number of carbonyl (C=O) groups excluding carboxylic acids is 2. The lowest BCUT2D eigenvalue weighted by Gasteiger charge is -2.29. The fourth-order valence-corrected chi connectivity index (χ4v) is 5.17. The molecule has 0 aromatic heterocycles. The molecule has 0 bridgehead atoms. The zero-order chi connectivity index (χ0) is 31.9. The van der Waals surface area contributed by atoms with Crippen LogP contribution in [-0.4, -0.2) is 80.3 Å². The maximum absolute atomic E-state index is 13.8. The second-order valence-corrected chi connectivity index (χ2v) is 11.0. The fraction of sp³-hybridized carbons (Fsp3) is 0.323. The Labute approximate surface area is 262 Å². The molecule has 0 unspecified atom stereocenters. The summed E-state index contributed by atoms with van der Waals surface area (Å²) in [6, 6.07) is 17.5. The highest BCUT2D eigenvalue weighted by Crippen LogP contribution is 2.34. The van der Waals surface area contributed by atoms with Crippen molar-refractivity contribution in [2.45, 2.75) is 19.3 Å². The number of ether oxygens (including phenoxy) is 2. The average molecular weight is 676 g/mol. The predicted octanol–water partition coefficient (Wildman–Crippen LogP) is 5.97. The summed E-state index contributed by atoms with van der Waals surface area (Å²) in [5.74, 6) is -3.31. The highest BCUT2D eigenvalue weighted by atomic mass is 79.9. The smallest absolute Gasteiger partial charge is 0.335 e. The van der Waals surface area contributed by atoms with Gasteiger partial charge in [0.1, 0.15) is 18.1 Å². The third kappa shape index (κ3) is 8.44. The summed E-state index contributed by atoms with van der Waals surface area (Å²) in [7, 11) is 1.44. The van der Waals surface area contributed by atoms with E-state index in [1.807, 2.05) is 6.07 Å². The number of aromatic carboxylic acids is 1. The van der Waals surface area contributed by atoms with Gasteiger partial charge in [-0.15, -0.1) is 0 Å². The molecule has 1 aliphatic rings. The van der Waals surface area contributed by atoms with Crippen molar-refractivity contribution in [2.75, 3.05) is 61.6 Å².